The van der Waals surface area contributed by atoms with Gasteiger partial charge < -0.3 is 0 Å². The van der Waals surface area contributed by atoms with Crippen LogP contribution in [0.4, 0.5) is 0 Å². The quantitative estimate of drug-likeness (QED) is 0.397. The van der Waals surface area contributed by atoms with Gasteiger partial charge in [0.05, 0.1) is 0 Å². The lowest BCUT2D eigenvalue weighted by atomic mass is 10.2. The Hall–Kier alpha value is -0.940. The lowest BCUT2D eigenvalue weighted by Crippen LogP contribution is -2.03. The van der Waals surface area contributed by atoms with E-state index in [0.29, 0.717) is 5.56 Å². The molecule has 0 amide bonds. The van der Waals surface area contributed by atoms with Crippen LogP contribution in [0.3, 0.4) is 0 Å². The molecule has 4 nitrogen and oxygen atoms in total. The monoisotopic (exact) mass is 156 g/mol. The minimum atomic E-state index is -1.13. The Morgan fingerprint density at radius 2 is 1.55 bits per heavy atom. The average Bonchev–Trinajstić information content (AvgIpc) is 2.09. The Morgan fingerprint density at radius 3 is 2.00 bits per heavy atom. The van der Waals surface area contributed by atoms with Gasteiger partial charge in [0.2, 0.25) is 6.29 Å². The molecule has 0 heterocycles. The fraction of sp³-hybridized carbons (Fsp3) is 0.143. The predicted molar refractivity (Wildman–Crippen MR) is 36.6 cm³/mol. The molecule has 1 aromatic carbocycles. The van der Waals surface area contributed by atoms with Crippen molar-refractivity contribution in [3.8, 4) is 0 Å². The molecule has 11 heavy (non-hydrogen) atoms. The van der Waals surface area contributed by atoms with E-state index in [9.17, 15) is 0 Å². The Kier molecular flexibility index (Phi) is 3.00. The second kappa shape index (κ2) is 4.05. The largest absolute Gasteiger partial charge is 0.249 e. The van der Waals surface area contributed by atoms with Crippen molar-refractivity contribution in [3.63, 3.8) is 0 Å². The summed E-state index contributed by atoms with van der Waals surface area (Å²) in [6, 6.07) is 8.57. The highest BCUT2D eigenvalue weighted by atomic mass is 17.2. The van der Waals surface area contributed by atoms with Gasteiger partial charge in [0.25, 0.3) is 0 Å². The van der Waals surface area contributed by atoms with E-state index in [1.54, 1.807) is 30.3 Å². The molecular formula is C7H8O4. The summed E-state index contributed by atoms with van der Waals surface area (Å²) in [5.74, 6) is 0. The van der Waals surface area contributed by atoms with Gasteiger partial charge in [-0.2, -0.15) is 9.78 Å². The van der Waals surface area contributed by atoms with Crippen LogP contribution in [0.5, 0.6) is 0 Å². The number of rotatable bonds is 3. The third-order valence-corrected chi connectivity index (χ3v) is 1.26. The molecule has 0 aliphatic carbocycles. The van der Waals surface area contributed by atoms with E-state index < -0.39 is 6.29 Å². The van der Waals surface area contributed by atoms with Crippen LogP contribution >= 0.6 is 0 Å². The van der Waals surface area contributed by atoms with Crippen molar-refractivity contribution in [3.05, 3.63) is 35.9 Å². The lowest BCUT2D eigenvalue weighted by Gasteiger charge is -2.08. The van der Waals surface area contributed by atoms with Crippen LogP contribution in [0.1, 0.15) is 11.9 Å². The van der Waals surface area contributed by atoms with Crippen LogP contribution in [0.15, 0.2) is 30.3 Å². The van der Waals surface area contributed by atoms with E-state index in [-0.39, 0.29) is 0 Å². The van der Waals surface area contributed by atoms with Crippen LogP contribution in [-0.4, -0.2) is 10.5 Å². The zero-order valence-electron chi connectivity index (χ0n) is 5.68. The van der Waals surface area contributed by atoms with Crippen molar-refractivity contribution < 1.29 is 20.3 Å². The third-order valence-electron chi connectivity index (χ3n) is 1.26. The zero-order valence-corrected chi connectivity index (χ0v) is 5.68. The van der Waals surface area contributed by atoms with Crippen LogP contribution < -0.4 is 0 Å². The van der Waals surface area contributed by atoms with Crippen LogP contribution in [0.2, 0.25) is 0 Å². The van der Waals surface area contributed by atoms with Gasteiger partial charge in [0.15, 0.2) is 0 Å². The van der Waals surface area contributed by atoms with E-state index in [1.807, 2.05) is 0 Å². The molecule has 4 heteroatoms. The molecule has 2 N–H and O–H groups in total. The van der Waals surface area contributed by atoms with Gasteiger partial charge in [-0.1, -0.05) is 30.3 Å². The average molecular weight is 156 g/mol. The predicted octanol–water partition coefficient (Wildman–Crippen LogP) is 1.66. The fourth-order valence-corrected chi connectivity index (χ4v) is 0.751. The van der Waals surface area contributed by atoms with Crippen molar-refractivity contribution in [1.82, 2.24) is 0 Å². The van der Waals surface area contributed by atoms with Gasteiger partial charge in [-0.3, -0.25) is 0 Å². The molecule has 0 spiro atoms. The van der Waals surface area contributed by atoms with Crippen molar-refractivity contribution in [2.24, 2.45) is 0 Å². The fourth-order valence-electron chi connectivity index (χ4n) is 0.751. The Bertz CT molecular complexity index is 195. The smallest absolute Gasteiger partial charge is 0.248 e. The summed E-state index contributed by atoms with van der Waals surface area (Å²) in [6.45, 7) is 0. The molecule has 1 aromatic rings. The molecule has 0 saturated heterocycles. The van der Waals surface area contributed by atoms with Crippen molar-refractivity contribution in [2.45, 2.75) is 6.29 Å². The van der Waals surface area contributed by atoms with E-state index in [4.69, 9.17) is 10.5 Å². The number of hydrogen-bond acceptors (Lipinski definition) is 4. The summed E-state index contributed by atoms with van der Waals surface area (Å²) < 4.78 is 0. The minimum Gasteiger partial charge on any atom is -0.249 e. The first-order valence-corrected chi connectivity index (χ1v) is 3.04. The summed E-state index contributed by atoms with van der Waals surface area (Å²) in [7, 11) is 0. The maximum absolute atomic E-state index is 8.19. The molecular weight excluding hydrogens is 148 g/mol. The van der Waals surface area contributed by atoms with Gasteiger partial charge in [-0.05, 0) is 0 Å². The third kappa shape index (κ3) is 1.99. The number of benzene rings is 1. The molecule has 0 radical (unpaired) electrons. The van der Waals surface area contributed by atoms with Gasteiger partial charge >= 0.3 is 0 Å². The molecule has 0 atom stereocenters. The van der Waals surface area contributed by atoms with E-state index >= 15 is 0 Å². The summed E-state index contributed by atoms with van der Waals surface area (Å²) >= 11 is 0. The molecule has 0 aliphatic rings. The topological polar surface area (TPSA) is 58.9 Å². The standard InChI is InChI=1S/C7H8O4/c8-10-7(11-9)6-4-2-1-3-5-6/h1-5,7-9H. The second-order valence-electron chi connectivity index (χ2n) is 1.95. The van der Waals surface area contributed by atoms with Crippen molar-refractivity contribution in [1.29, 1.82) is 0 Å². The molecule has 0 bridgehead atoms. The maximum atomic E-state index is 8.19. The maximum Gasteiger partial charge on any atom is 0.248 e. The van der Waals surface area contributed by atoms with Crippen molar-refractivity contribution >= 4 is 0 Å². The lowest BCUT2D eigenvalue weighted by molar-refractivity contribution is -0.437. The number of hydrogen-bond donors (Lipinski definition) is 2. The summed E-state index contributed by atoms with van der Waals surface area (Å²) in [4.78, 5) is 7.63. The Balaban J connectivity index is 2.74. The molecule has 0 saturated carbocycles. The molecule has 0 aliphatic heterocycles. The molecule has 60 valence electrons. The molecule has 0 unspecified atom stereocenters. The normalized spacial score (nSPS) is 10.5. The summed E-state index contributed by atoms with van der Waals surface area (Å²) in [5, 5.41) is 16.4. The zero-order chi connectivity index (χ0) is 8.10. The SMILES string of the molecule is OOC(OO)c1ccccc1. The van der Waals surface area contributed by atoms with Gasteiger partial charge in [-0.25, -0.2) is 10.5 Å². The second-order valence-corrected chi connectivity index (χ2v) is 1.95. The first-order valence-electron chi connectivity index (χ1n) is 3.04. The summed E-state index contributed by atoms with van der Waals surface area (Å²) in [5.41, 5.74) is 0.539. The highest BCUT2D eigenvalue weighted by Crippen LogP contribution is 2.15. The van der Waals surface area contributed by atoms with Crippen molar-refractivity contribution in [2.75, 3.05) is 0 Å². The molecule has 0 aromatic heterocycles. The van der Waals surface area contributed by atoms with E-state index in [2.05, 4.69) is 9.78 Å². The molecule has 1 rings (SSSR count). The Morgan fingerprint density at radius 1 is 1.00 bits per heavy atom. The Labute approximate surface area is 63.5 Å². The minimum absolute atomic E-state index is 0.539. The molecule has 0 fully saturated rings. The van der Waals surface area contributed by atoms with Crippen LogP contribution in [0.25, 0.3) is 0 Å². The van der Waals surface area contributed by atoms with Crippen LogP contribution in [-0.2, 0) is 9.78 Å². The highest BCUT2D eigenvalue weighted by Gasteiger charge is 2.10. The van der Waals surface area contributed by atoms with Gasteiger partial charge in [0, 0.05) is 5.56 Å². The van der Waals surface area contributed by atoms with Gasteiger partial charge in [-0.15, -0.1) is 0 Å². The first kappa shape index (κ1) is 8.16. The van der Waals surface area contributed by atoms with Gasteiger partial charge in [0.1, 0.15) is 0 Å². The summed E-state index contributed by atoms with van der Waals surface area (Å²) in [6.07, 6.45) is -1.13. The highest BCUT2D eigenvalue weighted by molar-refractivity contribution is 5.15. The van der Waals surface area contributed by atoms with E-state index in [0.717, 1.165) is 0 Å². The van der Waals surface area contributed by atoms with Crippen LogP contribution in [0, 0.1) is 0 Å². The first-order chi connectivity index (χ1) is 5.38. The van der Waals surface area contributed by atoms with E-state index in [1.165, 1.54) is 0 Å².